The maximum absolute atomic E-state index is 13.2. The fourth-order valence-corrected chi connectivity index (χ4v) is 2.43. The smallest absolute Gasteiger partial charge is 0.123 e. The van der Waals surface area contributed by atoms with Crippen LogP contribution in [0.5, 0.6) is 0 Å². The molecule has 0 amide bonds. The Hall–Kier alpha value is -1.67. The second-order valence-corrected chi connectivity index (χ2v) is 4.48. The van der Waals surface area contributed by atoms with Crippen LogP contribution in [0.15, 0.2) is 42.5 Å². The normalized spacial score (nSPS) is 18.1. The van der Waals surface area contributed by atoms with Gasteiger partial charge in [0.05, 0.1) is 6.10 Å². The van der Waals surface area contributed by atoms with E-state index in [1.807, 2.05) is 24.3 Å². The van der Waals surface area contributed by atoms with Gasteiger partial charge in [0.25, 0.3) is 0 Å². The summed E-state index contributed by atoms with van der Waals surface area (Å²) in [5.41, 5.74) is 4.01. The van der Waals surface area contributed by atoms with Gasteiger partial charge in [0.15, 0.2) is 0 Å². The van der Waals surface area contributed by atoms with E-state index in [-0.39, 0.29) is 11.9 Å². The van der Waals surface area contributed by atoms with Crippen molar-refractivity contribution in [1.82, 2.24) is 0 Å². The van der Waals surface area contributed by atoms with Gasteiger partial charge in [0.1, 0.15) is 5.82 Å². The molecule has 0 fully saturated rings. The summed E-state index contributed by atoms with van der Waals surface area (Å²) in [7, 11) is 0. The van der Waals surface area contributed by atoms with Crippen LogP contribution in [0, 0.1) is 5.82 Å². The third-order valence-corrected chi connectivity index (χ3v) is 3.35. The van der Waals surface area contributed by atoms with Crippen molar-refractivity contribution in [2.45, 2.75) is 18.9 Å². The summed E-state index contributed by atoms with van der Waals surface area (Å²) >= 11 is 0. The van der Waals surface area contributed by atoms with Crippen LogP contribution in [0.3, 0.4) is 0 Å². The lowest BCUT2D eigenvalue weighted by Gasteiger charge is -2.07. The molecule has 2 heteroatoms. The van der Waals surface area contributed by atoms with Crippen molar-refractivity contribution >= 4 is 0 Å². The van der Waals surface area contributed by atoms with Gasteiger partial charge in [-0.25, -0.2) is 4.39 Å². The predicted octanol–water partition coefficient (Wildman–Crippen LogP) is 3.47. The molecule has 0 saturated heterocycles. The number of hydrogen-bond acceptors (Lipinski definition) is 1. The molecule has 17 heavy (non-hydrogen) atoms. The predicted molar refractivity (Wildman–Crippen MR) is 65.1 cm³/mol. The minimum absolute atomic E-state index is 0.233. The summed E-state index contributed by atoms with van der Waals surface area (Å²) in [6, 6.07) is 12.5. The lowest BCUT2D eigenvalue weighted by Crippen LogP contribution is -1.91. The second-order valence-electron chi connectivity index (χ2n) is 4.48. The van der Waals surface area contributed by atoms with E-state index >= 15 is 0 Å². The van der Waals surface area contributed by atoms with Crippen molar-refractivity contribution in [3.8, 4) is 11.1 Å². The van der Waals surface area contributed by atoms with Crippen LogP contribution >= 0.6 is 0 Å². The molecule has 1 aliphatic carbocycles. The molecule has 1 unspecified atom stereocenters. The van der Waals surface area contributed by atoms with Crippen LogP contribution in [0.4, 0.5) is 4.39 Å². The Morgan fingerprint density at radius 3 is 2.71 bits per heavy atom. The first kappa shape index (κ1) is 10.5. The summed E-state index contributed by atoms with van der Waals surface area (Å²) in [4.78, 5) is 0. The van der Waals surface area contributed by atoms with E-state index < -0.39 is 0 Å². The van der Waals surface area contributed by atoms with E-state index in [4.69, 9.17) is 0 Å². The van der Waals surface area contributed by atoms with Gasteiger partial charge >= 0.3 is 0 Å². The van der Waals surface area contributed by atoms with Crippen LogP contribution in [0.1, 0.15) is 23.7 Å². The van der Waals surface area contributed by atoms with E-state index in [0.29, 0.717) is 0 Å². The number of hydrogen-bond donors (Lipinski definition) is 1. The van der Waals surface area contributed by atoms with Gasteiger partial charge in [-0.05, 0) is 53.3 Å². The van der Waals surface area contributed by atoms with Gasteiger partial charge in [0.2, 0.25) is 0 Å². The fourth-order valence-electron chi connectivity index (χ4n) is 2.43. The van der Waals surface area contributed by atoms with Gasteiger partial charge in [-0.2, -0.15) is 0 Å². The highest BCUT2D eigenvalue weighted by atomic mass is 19.1. The van der Waals surface area contributed by atoms with E-state index in [1.165, 1.54) is 17.7 Å². The third-order valence-electron chi connectivity index (χ3n) is 3.35. The summed E-state index contributed by atoms with van der Waals surface area (Å²) in [5.74, 6) is -0.233. The molecule has 3 rings (SSSR count). The minimum Gasteiger partial charge on any atom is -0.388 e. The first-order chi connectivity index (χ1) is 8.24. The third kappa shape index (κ3) is 1.85. The summed E-state index contributed by atoms with van der Waals surface area (Å²) in [6.45, 7) is 0. The molecule has 0 heterocycles. The van der Waals surface area contributed by atoms with Crippen LogP contribution in [-0.2, 0) is 6.42 Å². The minimum atomic E-state index is -0.362. The summed E-state index contributed by atoms with van der Waals surface area (Å²) in [5, 5.41) is 9.83. The van der Waals surface area contributed by atoms with Crippen molar-refractivity contribution in [1.29, 1.82) is 0 Å². The van der Waals surface area contributed by atoms with Gasteiger partial charge in [0, 0.05) is 0 Å². The first-order valence-electron chi connectivity index (χ1n) is 5.81. The Balaban J connectivity index is 2.08. The molecule has 0 aromatic heterocycles. The molecule has 2 aromatic rings. The van der Waals surface area contributed by atoms with E-state index in [2.05, 4.69) is 0 Å². The van der Waals surface area contributed by atoms with E-state index in [1.54, 1.807) is 6.07 Å². The fraction of sp³-hybridized carbons (Fsp3) is 0.200. The zero-order valence-corrected chi connectivity index (χ0v) is 9.36. The highest BCUT2D eigenvalue weighted by Gasteiger charge is 2.20. The van der Waals surface area contributed by atoms with Crippen LogP contribution < -0.4 is 0 Å². The highest BCUT2D eigenvalue weighted by Crippen LogP contribution is 2.34. The Kier molecular flexibility index (Phi) is 2.45. The number of rotatable bonds is 1. The number of aryl methyl sites for hydroxylation is 1. The number of aliphatic hydroxyl groups is 1. The Bertz CT molecular complexity index is 563. The lowest BCUT2D eigenvalue weighted by molar-refractivity contribution is 0.180. The molecule has 0 saturated carbocycles. The molecule has 1 atom stereocenters. The SMILES string of the molecule is OC1CCc2ccc(-c3cccc(F)c3)cc21. The zero-order chi connectivity index (χ0) is 11.8. The molecule has 1 N–H and O–H groups in total. The molecule has 0 aliphatic heterocycles. The Morgan fingerprint density at radius 2 is 1.88 bits per heavy atom. The van der Waals surface area contributed by atoms with Crippen LogP contribution in [0.2, 0.25) is 0 Å². The average Bonchev–Trinajstić information content (AvgIpc) is 2.71. The number of fused-ring (bicyclic) bond motifs is 1. The highest BCUT2D eigenvalue weighted by molar-refractivity contribution is 5.65. The Labute approximate surface area is 99.5 Å². The Morgan fingerprint density at radius 1 is 1.06 bits per heavy atom. The van der Waals surface area contributed by atoms with E-state index in [0.717, 1.165) is 29.5 Å². The quantitative estimate of drug-likeness (QED) is 0.792. The molecule has 0 spiro atoms. The van der Waals surface area contributed by atoms with Crippen molar-refractivity contribution in [3.05, 3.63) is 59.4 Å². The lowest BCUT2D eigenvalue weighted by atomic mass is 10.00. The van der Waals surface area contributed by atoms with Crippen molar-refractivity contribution in [3.63, 3.8) is 0 Å². The van der Waals surface area contributed by atoms with Crippen molar-refractivity contribution in [2.24, 2.45) is 0 Å². The topological polar surface area (TPSA) is 20.2 Å². The van der Waals surface area contributed by atoms with E-state index in [9.17, 15) is 9.50 Å². The van der Waals surface area contributed by atoms with Crippen LogP contribution in [0.25, 0.3) is 11.1 Å². The van der Waals surface area contributed by atoms with Crippen molar-refractivity contribution in [2.75, 3.05) is 0 Å². The first-order valence-corrected chi connectivity index (χ1v) is 5.81. The van der Waals surface area contributed by atoms with Gasteiger partial charge in [-0.15, -0.1) is 0 Å². The number of halogens is 1. The van der Waals surface area contributed by atoms with Gasteiger partial charge in [-0.1, -0.05) is 24.3 Å². The monoisotopic (exact) mass is 228 g/mol. The average molecular weight is 228 g/mol. The van der Waals surface area contributed by atoms with Crippen LogP contribution in [-0.4, -0.2) is 5.11 Å². The maximum atomic E-state index is 13.2. The second kappa shape index (κ2) is 3.97. The van der Waals surface area contributed by atoms with Gasteiger partial charge in [-0.3, -0.25) is 0 Å². The molecule has 1 aliphatic rings. The number of aliphatic hydroxyl groups excluding tert-OH is 1. The molecule has 1 nitrogen and oxygen atoms in total. The van der Waals surface area contributed by atoms with Crippen molar-refractivity contribution < 1.29 is 9.50 Å². The molecular weight excluding hydrogens is 215 g/mol. The zero-order valence-electron chi connectivity index (χ0n) is 9.36. The summed E-state index contributed by atoms with van der Waals surface area (Å²) < 4.78 is 13.2. The van der Waals surface area contributed by atoms with Gasteiger partial charge < -0.3 is 5.11 Å². The molecule has 0 bridgehead atoms. The molecule has 0 radical (unpaired) electrons. The standard InChI is InChI=1S/C15H13FO/c16-13-3-1-2-11(8-13)12-5-4-10-6-7-15(17)14(10)9-12/h1-5,8-9,15,17H,6-7H2. The molecule has 2 aromatic carbocycles. The number of benzene rings is 2. The molecule has 86 valence electrons. The largest absolute Gasteiger partial charge is 0.388 e. The maximum Gasteiger partial charge on any atom is 0.123 e. The summed E-state index contributed by atoms with van der Waals surface area (Å²) in [6.07, 6.45) is 1.36. The molecular formula is C15H13FO.